The second-order valence-electron chi connectivity index (χ2n) is 9.73. The van der Waals surface area contributed by atoms with E-state index < -0.39 is 12.1 Å². The fourth-order valence-electron chi connectivity index (χ4n) is 4.80. The van der Waals surface area contributed by atoms with Crippen molar-refractivity contribution in [1.82, 2.24) is 9.55 Å². The molecule has 3 aromatic carbocycles. The number of aryl methyl sites for hydroxylation is 2. The van der Waals surface area contributed by atoms with Crippen LogP contribution in [0.25, 0.3) is 16.8 Å². The standard InChI is InChI=1S/C34H35N3O4/c1-5-10-31-30(21-24-13-15-25(16-14-24)29-12-9-8-11-26(29)22-35)33(38)37(32(6-2)36-31)27-17-19-28(20-18-27)41-23(4)34(39)40-7-3/h8-9,11-20,23H,5-7,10,21H2,1-4H3. The van der Waals surface area contributed by atoms with Gasteiger partial charge in [-0.2, -0.15) is 5.26 Å². The summed E-state index contributed by atoms with van der Waals surface area (Å²) >= 11 is 0. The van der Waals surface area contributed by atoms with Crippen molar-refractivity contribution in [2.24, 2.45) is 0 Å². The Morgan fingerprint density at radius 2 is 1.71 bits per heavy atom. The number of nitrogens with zero attached hydrogens (tertiary/aromatic N) is 3. The molecule has 0 aliphatic heterocycles. The van der Waals surface area contributed by atoms with Gasteiger partial charge in [-0.05, 0) is 67.3 Å². The Hall–Kier alpha value is -4.70. The smallest absolute Gasteiger partial charge is 0.347 e. The summed E-state index contributed by atoms with van der Waals surface area (Å²) in [7, 11) is 0. The molecular weight excluding hydrogens is 514 g/mol. The number of carbonyl (C=O) groups is 1. The predicted molar refractivity (Wildman–Crippen MR) is 159 cm³/mol. The molecule has 1 atom stereocenters. The lowest BCUT2D eigenvalue weighted by Crippen LogP contribution is -2.29. The predicted octanol–water partition coefficient (Wildman–Crippen LogP) is 6.21. The molecule has 41 heavy (non-hydrogen) atoms. The fourth-order valence-corrected chi connectivity index (χ4v) is 4.80. The van der Waals surface area contributed by atoms with Crippen LogP contribution in [0.3, 0.4) is 0 Å². The van der Waals surface area contributed by atoms with Crippen molar-refractivity contribution in [3.63, 3.8) is 0 Å². The van der Waals surface area contributed by atoms with Gasteiger partial charge in [0.05, 0.1) is 29.6 Å². The minimum absolute atomic E-state index is 0.0900. The SMILES string of the molecule is CCCc1nc(CC)n(-c2ccc(OC(C)C(=O)OCC)cc2)c(=O)c1Cc1ccc(-c2ccccc2C#N)cc1. The highest BCUT2D eigenvalue weighted by molar-refractivity contribution is 5.74. The third kappa shape index (κ3) is 6.72. The normalized spacial score (nSPS) is 11.5. The number of esters is 1. The highest BCUT2D eigenvalue weighted by Gasteiger charge is 2.19. The maximum Gasteiger partial charge on any atom is 0.347 e. The minimum atomic E-state index is -0.740. The molecule has 0 radical (unpaired) electrons. The molecule has 0 aliphatic rings. The molecule has 4 rings (SSSR count). The zero-order valence-electron chi connectivity index (χ0n) is 24.0. The van der Waals surface area contributed by atoms with Crippen LogP contribution in [-0.4, -0.2) is 28.2 Å². The van der Waals surface area contributed by atoms with Crippen LogP contribution in [0.1, 0.15) is 62.3 Å². The average molecular weight is 550 g/mol. The maximum absolute atomic E-state index is 14.0. The van der Waals surface area contributed by atoms with Crippen LogP contribution in [-0.2, 0) is 28.8 Å². The monoisotopic (exact) mass is 549 g/mol. The molecule has 7 nitrogen and oxygen atoms in total. The van der Waals surface area contributed by atoms with E-state index >= 15 is 0 Å². The maximum atomic E-state index is 14.0. The molecule has 1 unspecified atom stereocenters. The summed E-state index contributed by atoms with van der Waals surface area (Å²) in [6.07, 6.45) is 1.89. The van der Waals surface area contributed by atoms with Crippen molar-refractivity contribution >= 4 is 5.97 Å². The molecule has 0 spiro atoms. The highest BCUT2D eigenvalue weighted by Crippen LogP contribution is 2.25. The summed E-state index contributed by atoms with van der Waals surface area (Å²) in [5.74, 6) is 0.775. The van der Waals surface area contributed by atoms with Crippen LogP contribution in [0.4, 0.5) is 0 Å². The van der Waals surface area contributed by atoms with E-state index in [4.69, 9.17) is 14.5 Å². The Morgan fingerprint density at radius 3 is 2.34 bits per heavy atom. The van der Waals surface area contributed by atoms with E-state index in [-0.39, 0.29) is 12.2 Å². The summed E-state index contributed by atoms with van der Waals surface area (Å²) in [4.78, 5) is 30.9. The quantitative estimate of drug-likeness (QED) is 0.207. The third-order valence-corrected chi connectivity index (χ3v) is 6.85. The molecule has 0 saturated heterocycles. The fraction of sp³-hybridized carbons (Fsp3) is 0.294. The van der Waals surface area contributed by atoms with Gasteiger partial charge in [0.2, 0.25) is 0 Å². The number of benzene rings is 3. The number of hydrogen-bond donors (Lipinski definition) is 0. The Labute approximate surface area is 241 Å². The topological polar surface area (TPSA) is 94.2 Å². The zero-order chi connectivity index (χ0) is 29.4. The number of rotatable bonds is 11. The molecule has 0 aliphatic carbocycles. The molecule has 7 heteroatoms. The first-order valence-corrected chi connectivity index (χ1v) is 14.1. The lowest BCUT2D eigenvalue weighted by molar-refractivity contribution is -0.150. The number of aromatic nitrogens is 2. The van der Waals surface area contributed by atoms with Crippen molar-refractivity contribution in [3.05, 3.63) is 111 Å². The van der Waals surface area contributed by atoms with Crippen molar-refractivity contribution in [2.45, 2.75) is 59.5 Å². The first-order valence-electron chi connectivity index (χ1n) is 14.1. The molecule has 0 amide bonds. The molecular formula is C34H35N3O4. The number of ether oxygens (including phenoxy) is 2. The summed E-state index contributed by atoms with van der Waals surface area (Å²) in [6.45, 7) is 7.76. The minimum Gasteiger partial charge on any atom is -0.479 e. The third-order valence-electron chi connectivity index (χ3n) is 6.85. The molecule has 1 heterocycles. The summed E-state index contributed by atoms with van der Waals surface area (Å²) in [5.41, 5.74) is 5.55. The van der Waals surface area contributed by atoms with Gasteiger partial charge in [0.1, 0.15) is 11.6 Å². The van der Waals surface area contributed by atoms with E-state index in [9.17, 15) is 14.9 Å². The summed E-state index contributed by atoms with van der Waals surface area (Å²) in [6, 6.07) is 24.9. The van der Waals surface area contributed by atoms with Crippen molar-refractivity contribution in [2.75, 3.05) is 6.61 Å². The van der Waals surface area contributed by atoms with Crippen molar-refractivity contribution in [3.8, 4) is 28.6 Å². The molecule has 0 fully saturated rings. The van der Waals surface area contributed by atoms with Gasteiger partial charge in [-0.3, -0.25) is 9.36 Å². The van der Waals surface area contributed by atoms with E-state index in [1.54, 1.807) is 42.7 Å². The van der Waals surface area contributed by atoms with E-state index in [1.165, 1.54) is 0 Å². The second kappa shape index (κ2) is 13.6. The molecule has 4 aromatic rings. The van der Waals surface area contributed by atoms with E-state index in [0.29, 0.717) is 47.7 Å². The van der Waals surface area contributed by atoms with Gasteiger partial charge in [-0.25, -0.2) is 9.78 Å². The van der Waals surface area contributed by atoms with Gasteiger partial charge >= 0.3 is 5.97 Å². The van der Waals surface area contributed by atoms with Crippen LogP contribution in [0.2, 0.25) is 0 Å². The van der Waals surface area contributed by atoms with Gasteiger partial charge in [0.25, 0.3) is 5.56 Å². The van der Waals surface area contributed by atoms with Gasteiger partial charge < -0.3 is 9.47 Å². The van der Waals surface area contributed by atoms with Crippen molar-refractivity contribution < 1.29 is 14.3 Å². The largest absolute Gasteiger partial charge is 0.479 e. The Balaban J connectivity index is 1.67. The van der Waals surface area contributed by atoms with Gasteiger partial charge in [-0.1, -0.05) is 62.7 Å². The van der Waals surface area contributed by atoms with Crippen LogP contribution < -0.4 is 10.3 Å². The first-order chi connectivity index (χ1) is 19.9. The van der Waals surface area contributed by atoms with Gasteiger partial charge in [-0.15, -0.1) is 0 Å². The molecule has 0 N–H and O–H groups in total. The number of nitriles is 1. The van der Waals surface area contributed by atoms with E-state index in [2.05, 4.69) is 13.0 Å². The first kappa shape index (κ1) is 29.3. The van der Waals surface area contributed by atoms with Crippen molar-refractivity contribution in [1.29, 1.82) is 5.26 Å². The Morgan fingerprint density at radius 1 is 1.00 bits per heavy atom. The van der Waals surface area contributed by atoms with E-state index in [0.717, 1.165) is 28.8 Å². The van der Waals surface area contributed by atoms with Gasteiger partial charge in [0, 0.05) is 18.4 Å². The van der Waals surface area contributed by atoms with Gasteiger partial charge in [0.15, 0.2) is 6.10 Å². The summed E-state index contributed by atoms with van der Waals surface area (Å²) in [5, 5.41) is 9.48. The van der Waals surface area contributed by atoms with Crippen LogP contribution in [0.15, 0.2) is 77.6 Å². The molecule has 0 saturated carbocycles. The Kier molecular flexibility index (Phi) is 9.70. The molecule has 210 valence electrons. The lowest BCUT2D eigenvalue weighted by Gasteiger charge is -2.18. The molecule has 0 bridgehead atoms. The zero-order valence-corrected chi connectivity index (χ0v) is 24.0. The lowest BCUT2D eigenvalue weighted by atomic mass is 9.97. The summed E-state index contributed by atoms with van der Waals surface area (Å²) < 4.78 is 12.4. The second-order valence-corrected chi connectivity index (χ2v) is 9.73. The highest BCUT2D eigenvalue weighted by atomic mass is 16.6. The number of hydrogen-bond acceptors (Lipinski definition) is 6. The van der Waals surface area contributed by atoms with Crippen LogP contribution in [0, 0.1) is 11.3 Å². The van der Waals surface area contributed by atoms with Crippen LogP contribution in [0.5, 0.6) is 5.75 Å². The number of carbonyl (C=O) groups excluding carboxylic acids is 1. The van der Waals surface area contributed by atoms with E-state index in [1.807, 2.05) is 55.5 Å². The van der Waals surface area contributed by atoms with Crippen LogP contribution >= 0.6 is 0 Å². The molecule has 1 aromatic heterocycles. The average Bonchev–Trinajstić information content (AvgIpc) is 2.99. The Bertz CT molecular complexity index is 1600.